The second-order valence-corrected chi connectivity index (χ2v) is 6.36. The molecule has 2 amide bonds. The fourth-order valence-electron chi connectivity index (χ4n) is 3.19. The van der Waals surface area contributed by atoms with Gasteiger partial charge >= 0.3 is 0 Å². The van der Waals surface area contributed by atoms with Crippen LogP contribution in [0.5, 0.6) is 0 Å². The third-order valence-electron chi connectivity index (χ3n) is 4.46. The predicted octanol–water partition coefficient (Wildman–Crippen LogP) is 3.76. The second-order valence-electron chi connectivity index (χ2n) is 6.36. The summed E-state index contributed by atoms with van der Waals surface area (Å²) in [6.45, 7) is 1.90. The van der Waals surface area contributed by atoms with Crippen molar-refractivity contribution >= 4 is 17.6 Å². The predicted molar refractivity (Wildman–Crippen MR) is 101 cm³/mol. The molecule has 4 rings (SSSR count). The Morgan fingerprint density at radius 1 is 1.04 bits per heavy atom. The van der Waals surface area contributed by atoms with E-state index in [1.807, 2.05) is 18.2 Å². The average molecular weight is 361 g/mol. The molecule has 0 aliphatic carbocycles. The molecule has 1 aliphatic rings. The molecular formula is C21H16FN3O2. The smallest absolute Gasteiger partial charge is 0.251 e. The number of pyridine rings is 1. The zero-order valence-electron chi connectivity index (χ0n) is 14.5. The van der Waals surface area contributed by atoms with E-state index in [9.17, 15) is 14.0 Å². The Hall–Kier alpha value is -3.54. The van der Waals surface area contributed by atoms with E-state index in [-0.39, 0.29) is 17.6 Å². The van der Waals surface area contributed by atoms with Crippen molar-refractivity contribution in [3.63, 3.8) is 0 Å². The van der Waals surface area contributed by atoms with Gasteiger partial charge < -0.3 is 10.6 Å². The van der Waals surface area contributed by atoms with Gasteiger partial charge in [-0.15, -0.1) is 0 Å². The molecule has 6 heteroatoms. The largest absolute Gasteiger partial charge is 0.348 e. The Morgan fingerprint density at radius 3 is 2.41 bits per heavy atom. The first-order valence-electron chi connectivity index (χ1n) is 8.46. The first-order chi connectivity index (χ1) is 13.0. The lowest BCUT2D eigenvalue weighted by molar-refractivity contribution is -0.114. The average Bonchev–Trinajstić information content (AvgIpc) is 3.02. The van der Waals surface area contributed by atoms with Crippen LogP contribution in [0, 0.1) is 5.82 Å². The molecule has 3 aromatic rings. The highest BCUT2D eigenvalue weighted by Crippen LogP contribution is 2.36. The lowest BCUT2D eigenvalue weighted by Crippen LogP contribution is -2.12. The van der Waals surface area contributed by atoms with Crippen LogP contribution in [0.2, 0.25) is 0 Å². The Kier molecular flexibility index (Phi) is 4.16. The summed E-state index contributed by atoms with van der Waals surface area (Å²) >= 11 is 0. The van der Waals surface area contributed by atoms with Gasteiger partial charge in [0.2, 0.25) is 5.91 Å². The number of aromatic nitrogens is 1. The van der Waals surface area contributed by atoms with Gasteiger partial charge in [0.25, 0.3) is 5.91 Å². The summed E-state index contributed by atoms with van der Waals surface area (Å²) < 4.78 is 13.3. The summed E-state index contributed by atoms with van der Waals surface area (Å²) in [6.07, 6.45) is 1.67. The first-order valence-corrected chi connectivity index (χ1v) is 8.46. The van der Waals surface area contributed by atoms with Crippen LogP contribution in [0.1, 0.15) is 22.8 Å². The molecule has 27 heavy (non-hydrogen) atoms. The molecule has 0 saturated heterocycles. The minimum Gasteiger partial charge on any atom is -0.348 e. The number of fused-ring (bicyclic) bond motifs is 1. The quantitative estimate of drug-likeness (QED) is 0.746. The van der Waals surface area contributed by atoms with Gasteiger partial charge in [-0.25, -0.2) is 9.37 Å². The monoisotopic (exact) mass is 361 g/mol. The third kappa shape index (κ3) is 3.29. The molecule has 5 nitrogen and oxygen atoms in total. The van der Waals surface area contributed by atoms with E-state index >= 15 is 0 Å². The molecule has 0 fully saturated rings. The van der Waals surface area contributed by atoms with Gasteiger partial charge in [-0.1, -0.05) is 12.1 Å². The molecule has 2 aromatic carbocycles. The van der Waals surface area contributed by atoms with E-state index in [0.29, 0.717) is 17.9 Å². The van der Waals surface area contributed by atoms with Gasteiger partial charge in [0.05, 0.1) is 0 Å². The van der Waals surface area contributed by atoms with Crippen LogP contribution in [0.4, 0.5) is 10.2 Å². The number of nitrogens with one attached hydrogen (secondary N) is 2. The number of hydrogen-bond donors (Lipinski definition) is 2. The third-order valence-corrected chi connectivity index (χ3v) is 4.46. The molecule has 0 saturated carbocycles. The summed E-state index contributed by atoms with van der Waals surface area (Å²) in [4.78, 5) is 27.5. The molecule has 0 unspecified atom stereocenters. The van der Waals surface area contributed by atoms with Crippen molar-refractivity contribution in [2.24, 2.45) is 0 Å². The van der Waals surface area contributed by atoms with Crippen molar-refractivity contribution in [3.8, 4) is 22.3 Å². The minimum absolute atomic E-state index is 0.112. The standard InChI is InChI=1S/C21H16FN3O2/c1-12(26)25-20-7-4-14(10-23-20)17-8-15-11-24-21(27)19(15)9-18(17)13-2-5-16(22)6-3-13/h2-10H,11H2,1H3,(H,24,27)(H,23,25,26). The maximum atomic E-state index is 13.3. The molecule has 0 bridgehead atoms. The Bertz CT molecular complexity index is 1040. The van der Waals surface area contributed by atoms with Crippen molar-refractivity contribution in [1.29, 1.82) is 0 Å². The molecule has 0 spiro atoms. The molecule has 1 aromatic heterocycles. The van der Waals surface area contributed by atoms with E-state index in [2.05, 4.69) is 15.6 Å². The fourth-order valence-corrected chi connectivity index (χ4v) is 3.19. The van der Waals surface area contributed by atoms with E-state index in [0.717, 1.165) is 27.8 Å². The molecule has 1 aliphatic heterocycles. The zero-order valence-corrected chi connectivity index (χ0v) is 14.5. The van der Waals surface area contributed by atoms with E-state index in [1.54, 1.807) is 24.4 Å². The van der Waals surface area contributed by atoms with Crippen LogP contribution < -0.4 is 10.6 Å². The lowest BCUT2D eigenvalue weighted by Gasteiger charge is -2.13. The molecule has 0 radical (unpaired) electrons. The fraction of sp³-hybridized carbons (Fsp3) is 0.0952. The Morgan fingerprint density at radius 2 is 1.74 bits per heavy atom. The number of carbonyl (C=O) groups is 2. The van der Waals surface area contributed by atoms with Gasteiger partial charge in [0.1, 0.15) is 11.6 Å². The molecule has 134 valence electrons. The van der Waals surface area contributed by atoms with Gasteiger partial charge in [-0.05, 0) is 58.7 Å². The minimum atomic E-state index is -0.319. The highest BCUT2D eigenvalue weighted by molar-refractivity contribution is 6.01. The lowest BCUT2D eigenvalue weighted by atomic mass is 9.91. The van der Waals surface area contributed by atoms with Crippen molar-refractivity contribution in [3.05, 3.63) is 71.7 Å². The number of amides is 2. The summed E-state index contributed by atoms with van der Waals surface area (Å²) in [5, 5.41) is 5.46. The number of hydrogen-bond acceptors (Lipinski definition) is 3. The summed E-state index contributed by atoms with van der Waals surface area (Å²) in [7, 11) is 0. The first kappa shape index (κ1) is 16.9. The molecular weight excluding hydrogens is 345 g/mol. The molecule has 2 heterocycles. The number of nitrogens with zero attached hydrogens (tertiary/aromatic N) is 1. The maximum absolute atomic E-state index is 13.3. The highest BCUT2D eigenvalue weighted by atomic mass is 19.1. The van der Waals surface area contributed by atoms with Gasteiger partial charge in [-0.3, -0.25) is 9.59 Å². The maximum Gasteiger partial charge on any atom is 0.251 e. The van der Waals surface area contributed by atoms with Crippen molar-refractivity contribution in [2.45, 2.75) is 13.5 Å². The van der Waals surface area contributed by atoms with E-state index in [1.165, 1.54) is 19.1 Å². The summed E-state index contributed by atoms with van der Waals surface area (Å²) in [5.74, 6) is -0.156. The van der Waals surface area contributed by atoms with E-state index < -0.39 is 0 Å². The van der Waals surface area contributed by atoms with Crippen LogP contribution in [0.15, 0.2) is 54.7 Å². The Balaban J connectivity index is 1.85. The van der Waals surface area contributed by atoms with Crippen molar-refractivity contribution in [2.75, 3.05) is 5.32 Å². The summed E-state index contributed by atoms with van der Waals surface area (Å²) in [6, 6.07) is 13.5. The normalized spacial score (nSPS) is 12.4. The molecule has 0 atom stereocenters. The van der Waals surface area contributed by atoms with Crippen LogP contribution in [0.3, 0.4) is 0 Å². The van der Waals surface area contributed by atoms with Gasteiger partial charge in [-0.2, -0.15) is 0 Å². The van der Waals surface area contributed by atoms with E-state index in [4.69, 9.17) is 0 Å². The van der Waals surface area contributed by atoms with Gasteiger partial charge in [0, 0.05) is 30.8 Å². The van der Waals surface area contributed by atoms with Crippen LogP contribution in [0.25, 0.3) is 22.3 Å². The van der Waals surface area contributed by atoms with Crippen molar-refractivity contribution < 1.29 is 14.0 Å². The van der Waals surface area contributed by atoms with Crippen LogP contribution >= 0.6 is 0 Å². The van der Waals surface area contributed by atoms with Crippen LogP contribution in [-0.4, -0.2) is 16.8 Å². The number of benzene rings is 2. The number of halogens is 1. The molecule has 2 N–H and O–H groups in total. The SMILES string of the molecule is CC(=O)Nc1ccc(-c2cc3c(cc2-c2ccc(F)cc2)C(=O)NC3)cn1. The summed E-state index contributed by atoms with van der Waals surface area (Å²) in [5.41, 5.74) is 4.89. The van der Waals surface area contributed by atoms with Crippen molar-refractivity contribution in [1.82, 2.24) is 10.3 Å². The second kappa shape index (κ2) is 6.64. The Labute approximate surface area is 155 Å². The number of rotatable bonds is 3. The highest BCUT2D eigenvalue weighted by Gasteiger charge is 2.22. The van der Waals surface area contributed by atoms with Gasteiger partial charge in [0.15, 0.2) is 0 Å². The van der Waals surface area contributed by atoms with Crippen LogP contribution in [-0.2, 0) is 11.3 Å². The number of anilines is 1. The number of carbonyl (C=O) groups excluding carboxylic acids is 2. The zero-order chi connectivity index (χ0) is 19.0. The topological polar surface area (TPSA) is 71.1 Å².